The predicted octanol–water partition coefficient (Wildman–Crippen LogP) is 0.597. The van der Waals surface area contributed by atoms with Crippen LogP contribution in [0.1, 0.15) is 12.8 Å². The molecule has 0 aromatic rings. The van der Waals surface area contributed by atoms with E-state index in [1.165, 1.54) is 7.05 Å². The van der Waals surface area contributed by atoms with Gasteiger partial charge in [-0.3, -0.25) is 4.99 Å². The van der Waals surface area contributed by atoms with Crippen LogP contribution in [0.2, 0.25) is 0 Å². The number of hydrogen-bond acceptors (Lipinski definition) is 3. The quantitative estimate of drug-likeness (QED) is 0.578. The number of halogens is 3. The minimum absolute atomic E-state index is 0.111. The second-order valence-electron chi connectivity index (χ2n) is 5.46. The molecule has 116 valence electrons. The summed E-state index contributed by atoms with van der Waals surface area (Å²) in [7, 11) is 1.53. The maximum absolute atomic E-state index is 12.3. The average molecular weight is 295 g/mol. The predicted molar refractivity (Wildman–Crippen MR) is 67.5 cm³/mol. The number of ether oxygens (including phenoxy) is 1. The average Bonchev–Trinajstić information content (AvgIpc) is 3.00. The number of hydrogen-bond donors (Lipinski definition) is 2. The highest BCUT2D eigenvalue weighted by atomic mass is 19.4. The molecule has 2 N–H and O–H groups in total. The summed E-state index contributed by atoms with van der Waals surface area (Å²) in [6, 6.07) is 0. The zero-order valence-electron chi connectivity index (χ0n) is 11.4. The summed E-state index contributed by atoms with van der Waals surface area (Å²) in [6.45, 7) is 2.33. The van der Waals surface area contributed by atoms with Gasteiger partial charge in [-0.05, 0) is 12.8 Å². The molecular formula is C12H20F3N3O2. The monoisotopic (exact) mass is 295 g/mol. The number of aliphatic imine (C=N–C) groups is 1. The number of likely N-dealkylation sites (tertiary alicyclic amines) is 1. The highest BCUT2D eigenvalue weighted by molar-refractivity contribution is 5.80. The number of aliphatic hydroxyl groups is 1. The lowest BCUT2D eigenvalue weighted by atomic mass is 9.87. The molecule has 2 heterocycles. The van der Waals surface area contributed by atoms with Gasteiger partial charge in [0.25, 0.3) is 0 Å². The van der Waals surface area contributed by atoms with E-state index in [2.05, 4.69) is 10.3 Å². The molecule has 2 fully saturated rings. The molecule has 2 rings (SSSR count). The van der Waals surface area contributed by atoms with E-state index in [9.17, 15) is 13.2 Å². The fourth-order valence-corrected chi connectivity index (χ4v) is 2.72. The molecule has 2 atom stereocenters. The fourth-order valence-electron chi connectivity index (χ4n) is 2.72. The Morgan fingerprint density at radius 1 is 1.50 bits per heavy atom. The smallest absolute Gasteiger partial charge is 0.382 e. The Morgan fingerprint density at radius 2 is 2.25 bits per heavy atom. The Kier molecular flexibility index (Phi) is 4.43. The summed E-state index contributed by atoms with van der Waals surface area (Å²) in [5.41, 5.74) is 0.111. The van der Waals surface area contributed by atoms with Gasteiger partial charge in [-0.25, -0.2) is 0 Å². The summed E-state index contributed by atoms with van der Waals surface area (Å²) in [6.07, 6.45) is -5.07. The Labute approximate surface area is 115 Å². The summed E-state index contributed by atoms with van der Waals surface area (Å²) >= 11 is 0. The van der Waals surface area contributed by atoms with Gasteiger partial charge in [0.2, 0.25) is 0 Å². The highest BCUT2D eigenvalue weighted by Crippen LogP contribution is 2.38. The molecule has 0 aromatic carbocycles. The molecule has 0 saturated carbocycles. The molecule has 0 radical (unpaired) electrons. The van der Waals surface area contributed by atoms with Gasteiger partial charge in [-0.2, -0.15) is 13.2 Å². The first kappa shape index (κ1) is 15.4. The third-order valence-corrected chi connectivity index (χ3v) is 3.97. The van der Waals surface area contributed by atoms with Crippen LogP contribution in [0.5, 0.6) is 0 Å². The van der Waals surface area contributed by atoms with Crippen LogP contribution in [0.4, 0.5) is 13.2 Å². The lowest BCUT2D eigenvalue weighted by Crippen LogP contribution is -2.47. The highest BCUT2D eigenvalue weighted by Gasteiger charge is 2.43. The third-order valence-electron chi connectivity index (χ3n) is 3.97. The van der Waals surface area contributed by atoms with Crippen molar-refractivity contribution in [1.82, 2.24) is 10.2 Å². The van der Waals surface area contributed by atoms with Crippen molar-refractivity contribution in [2.45, 2.75) is 25.1 Å². The van der Waals surface area contributed by atoms with E-state index in [-0.39, 0.29) is 5.41 Å². The summed E-state index contributed by atoms with van der Waals surface area (Å²) in [5.74, 6) is 0.400. The zero-order valence-corrected chi connectivity index (χ0v) is 11.4. The maximum atomic E-state index is 12.3. The van der Waals surface area contributed by atoms with E-state index >= 15 is 0 Å². The molecule has 0 amide bonds. The van der Waals surface area contributed by atoms with Crippen molar-refractivity contribution in [3.63, 3.8) is 0 Å². The molecule has 2 aliphatic rings. The first-order chi connectivity index (χ1) is 9.36. The molecule has 0 aliphatic carbocycles. The van der Waals surface area contributed by atoms with E-state index < -0.39 is 18.8 Å². The van der Waals surface area contributed by atoms with Crippen molar-refractivity contribution in [2.75, 3.05) is 39.9 Å². The molecule has 2 saturated heterocycles. The van der Waals surface area contributed by atoms with Gasteiger partial charge in [-0.15, -0.1) is 0 Å². The van der Waals surface area contributed by atoms with Gasteiger partial charge < -0.3 is 20.1 Å². The standard InChI is InChI=1S/C12H20F3N3O2/c1-16-10(17-6-9(19)12(13,14)15)18-4-2-11(7-18)3-5-20-8-11/h9,19H,2-8H2,1H3,(H,16,17). The number of nitrogens with zero attached hydrogens (tertiary/aromatic N) is 2. The van der Waals surface area contributed by atoms with Crippen molar-refractivity contribution in [2.24, 2.45) is 10.4 Å². The first-order valence-corrected chi connectivity index (χ1v) is 6.64. The third kappa shape index (κ3) is 3.35. The van der Waals surface area contributed by atoms with E-state index in [0.29, 0.717) is 12.6 Å². The lowest BCUT2D eigenvalue weighted by Gasteiger charge is -2.26. The van der Waals surface area contributed by atoms with Gasteiger partial charge in [0.1, 0.15) is 0 Å². The molecule has 20 heavy (non-hydrogen) atoms. The summed E-state index contributed by atoms with van der Waals surface area (Å²) in [5, 5.41) is 11.6. The van der Waals surface area contributed by atoms with Gasteiger partial charge in [0.05, 0.1) is 13.2 Å². The van der Waals surface area contributed by atoms with Crippen LogP contribution in [0.25, 0.3) is 0 Å². The van der Waals surface area contributed by atoms with E-state index in [1.807, 2.05) is 4.90 Å². The molecule has 2 unspecified atom stereocenters. The van der Waals surface area contributed by atoms with Crippen LogP contribution < -0.4 is 5.32 Å². The Hall–Kier alpha value is -1.02. The largest absolute Gasteiger partial charge is 0.416 e. The molecule has 2 aliphatic heterocycles. The number of alkyl halides is 3. The van der Waals surface area contributed by atoms with Gasteiger partial charge in [-0.1, -0.05) is 0 Å². The van der Waals surface area contributed by atoms with Crippen molar-refractivity contribution < 1.29 is 23.0 Å². The molecule has 0 bridgehead atoms. The van der Waals surface area contributed by atoms with Crippen LogP contribution in [0.3, 0.4) is 0 Å². The van der Waals surface area contributed by atoms with E-state index in [1.54, 1.807) is 0 Å². The van der Waals surface area contributed by atoms with Crippen molar-refractivity contribution >= 4 is 5.96 Å². The van der Waals surface area contributed by atoms with Crippen LogP contribution in [-0.4, -0.2) is 68.1 Å². The van der Waals surface area contributed by atoms with Crippen molar-refractivity contribution in [1.29, 1.82) is 0 Å². The second-order valence-corrected chi connectivity index (χ2v) is 5.46. The Morgan fingerprint density at radius 3 is 2.80 bits per heavy atom. The topological polar surface area (TPSA) is 57.1 Å². The zero-order chi connectivity index (χ0) is 14.8. The Bertz CT molecular complexity index is 367. The molecule has 8 heteroatoms. The minimum Gasteiger partial charge on any atom is -0.382 e. The van der Waals surface area contributed by atoms with Gasteiger partial charge >= 0.3 is 6.18 Å². The van der Waals surface area contributed by atoms with E-state index in [4.69, 9.17) is 9.84 Å². The summed E-state index contributed by atoms with van der Waals surface area (Å²) < 4.78 is 42.2. The van der Waals surface area contributed by atoms with Crippen molar-refractivity contribution in [3.8, 4) is 0 Å². The summed E-state index contributed by atoms with van der Waals surface area (Å²) in [4.78, 5) is 5.92. The maximum Gasteiger partial charge on any atom is 0.416 e. The Balaban J connectivity index is 1.87. The normalized spacial score (nSPS) is 29.2. The van der Waals surface area contributed by atoms with Gasteiger partial charge in [0, 0.05) is 32.2 Å². The lowest BCUT2D eigenvalue weighted by molar-refractivity contribution is -0.201. The molecule has 0 aromatic heterocycles. The fraction of sp³-hybridized carbons (Fsp3) is 0.917. The van der Waals surface area contributed by atoms with Crippen LogP contribution in [0, 0.1) is 5.41 Å². The number of rotatable bonds is 2. The van der Waals surface area contributed by atoms with Gasteiger partial charge in [0.15, 0.2) is 12.1 Å². The SMILES string of the molecule is CN=C(NCC(O)C(F)(F)F)N1CCC2(CCOC2)C1. The first-order valence-electron chi connectivity index (χ1n) is 6.64. The number of nitrogens with one attached hydrogen (secondary N) is 1. The second kappa shape index (κ2) is 5.77. The number of guanidine groups is 1. The molecular weight excluding hydrogens is 275 g/mol. The van der Waals surface area contributed by atoms with Crippen LogP contribution in [-0.2, 0) is 4.74 Å². The van der Waals surface area contributed by atoms with Crippen LogP contribution in [0.15, 0.2) is 4.99 Å². The molecule has 5 nitrogen and oxygen atoms in total. The molecule has 1 spiro atoms. The van der Waals surface area contributed by atoms with E-state index in [0.717, 1.165) is 32.5 Å². The van der Waals surface area contributed by atoms with Crippen LogP contribution >= 0.6 is 0 Å². The number of aliphatic hydroxyl groups excluding tert-OH is 1. The van der Waals surface area contributed by atoms with Crippen molar-refractivity contribution in [3.05, 3.63) is 0 Å². The minimum atomic E-state index is -4.61.